The first-order valence-electron chi connectivity index (χ1n) is 13.3. The topological polar surface area (TPSA) is 86.0 Å². The van der Waals surface area contributed by atoms with Crippen molar-refractivity contribution in [2.45, 2.75) is 45.2 Å². The van der Waals surface area contributed by atoms with Gasteiger partial charge in [-0.2, -0.15) is 5.10 Å². The van der Waals surface area contributed by atoms with Crippen molar-refractivity contribution in [3.05, 3.63) is 94.8 Å². The Bertz CT molecular complexity index is 1600. The molecule has 0 aliphatic heterocycles. The molecule has 0 atom stereocenters. The van der Waals surface area contributed by atoms with Crippen molar-refractivity contribution in [1.29, 1.82) is 0 Å². The average molecular weight is 582 g/mol. The number of carbonyl (C=O) groups is 1. The van der Waals surface area contributed by atoms with Crippen LogP contribution in [0.3, 0.4) is 0 Å². The lowest BCUT2D eigenvalue weighted by molar-refractivity contribution is -0.274. The number of para-hydroxylation sites is 2. The Morgan fingerprint density at radius 1 is 1.10 bits per heavy atom. The molecule has 0 spiro atoms. The average Bonchev–Trinajstić information content (AvgIpc) is 3.70. The van der Waals surface area contributed by atoms with Crippen LogP contribution in [0.4, 0.5) is 18.9 Å². The highest BCUT2D eigenvalue weighted by Gasteiger charge is 2.34. The molecule has 1 aliphatic carbocycles. The van der Waals surface area contributed by atoms with E-state index in [4.69, 9.17) is 9.47 Å². The molecule has 0 unspecified atom stereocenters. The Balaban J connectivity index is 1.34. The van der Waals surface area contributed by atoms with Crippen LogP contribution < -0.4 is 19.1 Å². The lowest BCUT2D eigenvalue weighted by Crippen LogP contribution is -2.19. The highest BCUT2D eigenvalue weighted by molar-refractivity contribution is 5.91. The number of ether oxygens (including phenoxy) is 3. The van der Waals surface area contributed by atoms with Crippen LogP contribution >= 0.6 is 0 Å². The molecule has 1 saturated carbocycles. The number of methoxy groups -OCH3 is 1. The lowest BCUT2D eigenvalue weighted by Gasteiger charge is -2.23. The third kappa shape index (κ3) is 6.45. The molecule has 0 amide bonds. The van der Waals surface area contributed by atoms with Gasteiger partial charge in [0.15, 0.2) is 5.75 Å². The van der Waals surface area contributed by atoms with Crippen LogP contribution in [0.5, 0.6) is 17.2 Å². The summed E-state index contributed by atoms with van der Waals surface area (Å²) in [6, 6.07) is 16.6. The summed E-state index contributed by atoms with van der Waals surface area (Å²) in [6.45, 7) is 2.58. The zero-order valence-corrected chi connectivity index (χ0v) is 23.3. The Morgan fingerprint density at radius 2 is 1.86 bits per heavy atom. The van der Waals surface area contributed by atoms with Crippen LogP contribution in [0.1, 0.15) is 51.5 Å². The molecule has 1 aromatic heterocycles. The quantitative estimate of drug-likeness (QED) is 0.207. The molecule has 5 rings (SSSR count). The van der Waals surface area contributed by atoms with Gasteiger partial charge >= 0.3 is 12.3 Å². The number of alkyl halides is 3. The monoisotopic (exact) mass is 581 g/mol. The molecule has 8 nitrogen and oxygen atoms in total. The molecule has 42 heavy (non-hydrogen) atoms. The van der Waals surface area contributed by atoms with E-state index in [0.717, 1.165) is 35.2 Å². The molecule has 0 bridgehead atoms. The Hall–Kier alpha value is -4.67. The van der Waals surface area contributed by atoms with Gasteiger partial charge in [0.05, 0.1) is 19.0 Å². The Kier molecular flexibility index (Phi) is 8.02. The number of aromatic nitrogens is 2. The largest absolute Gasteiger partial charge is 0.573 e. The minimum atomic E-state index is -4.83. The predicted molar refractivity (Wildman–Crippen MR) is 150 cm³/mol. The van der Waals surface area contributed by atoms with Crippen LogP contribution in [-0.2, 0) is 13.2 Å². The summed E-state index contributed by atoms with van der Waals surface area (Å²) in [7, 11) is 3.37. The lowest BCUT2D eigenvalue weighted by atomic mass is 10.1. The molecule has 0 radical (unpaired) electrons. The zero-order chi connectivity index (χ0) is 30.0. The number of anilines is 1. The second kappa shape index (κ2) is 11.7. The molecule has 4 aromatic rings. The highest BCUT2D eigenvalue weighted by Crippen LogP contribution is 2.43. The summed E-state index contributed by atoms with van der Waals surface area (Å²) >= 11 is 0. The van der Waals surface area contributed by atoms with Crippen molar-refractivity contribution in [3.63, 3.8) is 0 Å². The van der Waals surface area contributed by atoms with Gasteiger partial charge in [0.1, 0.15) is 29.4 Å². The number of halogens is 3. The minimum Gasteiger partial charge on any atom is -0.496 e. The van der Waals surface area contributed by atoms with Crippen LogP contribution in [0, 0.1) is 6.92 Å². The molecule has 1 aliphatic rings. The van der Waals surface area contributed by atoms with E-state index in [1.165, 1.54) is 36.1 Å². The highest BCUT2D eigenvalue weighted by atomic mass is 19.4. The number of hydrogen-bond donors (Lipinski definition) is 1. The summed E-state index contributed by atoms with van der Waals surface area (Å²) in [5.74, 6) is -0.189. The summed E-state index contributed by atoms with van der Waals surface area (Å²) < 4.78 is 56.4. The van der Waals surface area contributed by atoms with E-state index in [9.17, 15) is 23.1 Å². The van der Waals surface area contributed by atoms with Crippen molar-refractivity contribution in [2.75, 3.05) is 19.1 Å². The molecule has 11 heteroatoms. The molecule has 1 heterocycles. The minimum absolute atomic E-state index is 0.101. The standard InChI is InChI=1S/C31H30F3N3O5/c1-19-14-22(11-13-25(19)36(2)17-20-8-12-23(30(38)39)29(15-20)40-3)41-18-27-24(21-9-10-21)16-35-37(27)26-6-4-5-7-28(26)42-31(32,33)34/h4-8,11-16,21H,9-10,17-18H2,1-3H3,(H,38,39). The second-order valence-electron chi connectivity index (χ2n) is 10.2. The van der Waals surface area contributed by atoms with E-state index in [1.54, 1.807) is 24.4 Å². The number of benzene rings is 3. The van der Waals surface area contributed by atoms with Gasteiger partial charge in [-0.15, -0.1) is 13.2 Å². The predicted octanol–water partition coefficient (Wildman–Crippen LogP) is 6.88. The van der Waals surface area contributed by atoms with E-state index < -0.39 is 12.3 Å². The molecule has 1 fully saturated rings. The first-order valence-corrected chi connectivity index (χ1v) is 13.3. The number of aromatic carboxylic acids is 1. The van der Waals surface area contributed by atoms with Crippen molar-refractivity contribution >= 4 is 11.7 Å². The maximum Gasteiger partial charge on any atom is 0.573 e. The number of aryl methyl sites for hydroxylation is 1. The smallest absolute Gasteiger partial charge is 0.496 e. The SMILES string of the molecule is COc1cc(CN(C)c2ccc(OCc3c(C4CC4)cnn3-c3ccccc3OC(F)(F)F)cc2C)ccc1C(=O)O. The molecule has 0 saturated heterocycles. The van der Waals surface area contributed by atoms with Crippen LogP contribution in [-0.4, -0.2) is 41.4 Å². The van der Waals surface area contributed by atoms with Gasteiger partial charge in [0, 0.05) is 24.8 Å². The normalized spacial score (nSPS) is 13.1. The fraction of sp³-hybridized carbons (Fsp3) is 0.290. The second-order valence-corrected chi connectivity index (χ2v) is 10.2. The number of carboxylic acid groups (broad SMARTS) is 1. The fourth-order valence-electron chi connectivity index (χ4n) is 4.98. The van der Waals surface area contributed by atoms with Crippen LogP contribution in [0.25, 0.3) is 5.69 Å². The van der Waals surface area contributed by atoms with Crippen molar-refractivity contribution in [2.24, 2.45) is 0 Å². The summed E-state index contributed by atoms with van der Waals surface area (Å²) in [4.78, 5) is 13.4. The first kappa shape index (κ1) is 28.8. The Morgan fingerprint density at radius 3 is 2.52 bits per heavy atom. The summed E-state index contributed by atoms with van der Waals surface area (Å²) in [6.07, 6.45) is -1.16. The zero-order valence-electron chi connectivity index (χ0n) is 23.3. The Labute approximate surface area is 240 Å². The van der Waals surface area contributed by atoms with Crippen molar-refractivity contribution in [1.82, 2.24) is 9.78 Å². The number of carboxylic acids is 1. The molecule has 220 valence electrons. The van der Waals surface area contributed by atoms with Gasteiger partial charge in [-0.1, -0.05) is 18.2 Å². The number of rotatable bonds is 11. The van der Waals surface area contributed by atoms with E-state index >= 15 is 0 Å². The fourth-order valence-corrected chi connectivity index (χ4v) is 4.98. The van der Waals surface area contributed by atoms with Gasteiger partial charge in [0.2, 0.25) is 0 Å². The maximum atomic E-state index is 13.1. The van der Waals surface area contributed by atoms with Crippen molar-refractivity contribution < 1.29 is 37.3 Å². The van der Waals surface area contributed by atoms with Gasteiger partial charge in [-0.25, -0.2) is 9.48 Å². The molecule has 1 N–H and O–H groups in total. The van der Waals surface area contributed by atoms with E-state index in [2.05, 4.69) is 9.84 Å². The van der Waals surface area contributed by atoms with Crippen LogP contribution in [0.15, 0.2) is 66.9 Å². The third-order valence-electron chi connectivity index (χ3n) is 7.11. The van der Waals surface area contributed by atoms with Crippen molar-refractivity contribution in [3.8, 4) is 22.9 Å². The van der Waals surface area contributed by atoms with Gasteiger partial charge in [-0.05, 0) is 79.3 Å². The first-order chi connectivity index (χ1) is 20.0. The van der Waals surface area contributed by atoms with Gasteiger partial charge < -0.3 is 24.2 Å². The maximum absolute atomic E-state index is 13.1. The summed E-state index contributed by atoms with van der Waals surface area (Å²) in [5, 5.41) is 13.7. The molecule has 3 aromatic carbocycles. The summed E-state index contributed by atoms with van der Waals surface area (Å²) in [5.41, 5.74) is 4.69. The third-order valence-corrected chi connectivity index (χ3v) is 7.11. The van der Waals surface area contributed by atoms with E-state index in [-0.39, 0.29) is 23.6 Å². The van der Waals surface area contributed by atoms with E-state index in [0.29, 0.717) is 29.7 Å². The number of hydrogen-bond acceptors (Lipinski definition) is 6. The van der Waals surface area contributed by atoms with E-state index in [1.807, 2.05) is 37.1 Å². The van der Waals surface area contributed by atoms with Crippen LogP contribution in [0.2, 0.25) is 0 Å². The van der Waals surface area contributed by atoms with Gasteiger partial charge in [-0.3, -0.25) is 0 Å². The van der Waals surface area contributed by atoms with Gasteiger partial charge in [0.25, 0.3) is 0 Å². The number of nitrogens with zero attached hydrogens (tertiary/aromatic N) is 3. The molecular weight excluding hydrogens is 551 g/mol. The molecular formula is C31H30F3N3O5.